The molecule has 1 aromatic carbocycles. The minimum absolute atomic E-state index is 0.0341. The van der Waals surface area contributed by atoms with Crippen LogP contribution in [0.15, 0.2) is 29.3 Å². The smallest absolute Gasteiger partial charge is 0.237 e. The summed E-state index contributed by atoms with van der Waals surface area (Å²) in [6.45, 7) is 11.3. The molecule has 6 nitrogen and oxygen atoms in total. The van der Waals surface area contributed by atoms with Crippen LogP contribution in [0.3, 0.4) is 0 Å². The maximum Gasteiger partial charge on any atom is 0.237 e. The fraction of sp³-hybridized carbons (Fsp3) is 0.409. The number of aromatic nitrogens is 2. The molecule has 158 valence electrons. The topological polar surface area (TPSA) is 67.4 Å². The van der Waals surface area contributed by atoms with E-state index >= 15 is 0 Å². The quantitative estimate of drug-likeness (QED) is 0.461. The molecule has 3 heterocycles. The van der Waals surface area contributed by atoms with Gasteiger partial charge in [-0.05, 0) is 57.5 Å². The second-order valence-electron chi connectivity index (χ2n) is 7.43. The van der Waals surface area contributed by atoms with Gasteiger partial charge in [-0.2, -0.15) is 0 Å². The number of ether oxygens (including phenoxy) is 1. The van der Waals surface area contributed by atoms with Crippen molar-refractivity contribution in [2.24, 2.45) is 0 Å². The number of thioether (sulfide) groups is 1. The monoisotopic (exact) mass is 442 g/mol. The fourth-order valence-corrected chi connectivity index (χ4v) is 5.63. The molecular formula is C22H26N4O2S2. The van der Waals surface area contributed by atoms with Crippen LogP contribution in [0.1, 0.15) is 23.2 Å². The van der Waals surface area contributed by atoms with Crippen molar-refractivity contribution >= 4 is 50.6 Å². The molecule has 4 rings (SSSR count). The van der Waals surface area contributed by atoms with Gasteiger partial charge in [0.2, 0.25) is 5.91 Å². The lowest BCUT2D eigenvalue weighted by Gasteiger charge is -2.28. The number of rotatable bonds is 5. The van der Waals surface area contributed by atoms with E-state index < -0.39 is 0 Å². The maximum absolute atomic E-state index is 12.8. The van der Waals surface area contributed by atoms with E-state index in [2.05, 4.69) is 34.0 Å². The molecule has 0 spiro atoms. The summed E-state index contributed by atoms with van der Waals surface area (Å²) >= 11 is 3.17. The predicted octanol–water partition coefficient (Wildman–Crippen LogP) is 4.57. The summed E-state index contributed by atoms with van der Waals surface area (Å²) in [7, 11) is 0. The highest BCUT2D eigenvalue weighted by Crippen LogP contribution is 2.36. The van der Waals surface area contributed by atoms with Crippen molar-refractivity contribution in [2.45, 2.75) is 38.0 Å². The van der Waals surface area contributed by atoms with Crippen molar-refractivity contribution in [1.82, 2.24) is 9.97 Å². The van der Waals surface area contributed by atoms with Crippen molar-refractivity contribution in [3.05, 3.63) is 40.5 Å². The van der Waals surface area contributed by atoms with Gasteiger partial charge in [0.15, 0.2) is 0 Å². The summed E-state index contributed by atoms with van der Waals surface area (Å²) in [5, 5.41) is 4.71. The zero-order chi connectivity index (χ0) is 21.3. The van der Waals surface area contributed by atoms with E-state index in [9.17, 15) is 4.79 Å². The van der Waals surface area contributed by atoms with Crippen LogP contribution in [0.25, 0.3) is 10.2 Å². The number of hydrogen-bond acceptors (Lipinski definition) is 7. The van der Waals surface area contributed by atoms with E-state index in [-0.39, 0.29) is 11.2 Å². The third-order valence-corrected chi connectivity index (χ3v) is 7.46. The van der Waals surface area contributed by atoms with Crippen LogP contribution in [0.2, 0.25) is 0 Å². The lowest BCUT2D eigenvalue weighted by atomic mass is 10.2. The molecular weight excluding hydrogens is 416 g/mol. The molecule has 1 fully saturated rings. The second-order valence-corrected chi connectivity index (χ2v) is 9.97. The van der Waals surface area contributed by atoms with Crippen molar-refractivity contribution in [3.63, 3.8) is 0 Å². The van der Waals surface area contributed by atoms with Crippen LogP contribution >= 0.6 is 23.1 Å². The molecule has 1 N–H and O–H groups in total. The fourth-order valence-electron chi connectivity index (χ4n) is 3.44. The van der Waals surface area contributed by atoms with Gasteiger partial charge in [-0.1, -0.05) is 11.8 Å². The van der Waals surface area contributed by atoms with Crippen molar-refractivity contribution in [3.8, 4) is 0 Å². The number of nitrogens with one attached hydrogen (secondary N) is 1. The van der Waals surface area contributed by atoms with Gasteiger partial charge in [0.1, 0.15) is 15.7 Å². The van der Waals surface area contributed by atoms with E-state index in [1.807, 2.05) is 38.1 Å². The summed E-state index contributed by atoms with van der Waals surface area (Å²) in [6, 6.07) is 8.01. The Hall–Kier alpha value is -2.16. The summed E-state index contributed by atoms with van der Waals surface area (Å²) in [4.78, 5) is 26.5. The van der Waals surface area contributed by atoms with Crippen LogP contribution in [-0.4, -0.2) is 47.4 Å². The first-order valence-corrected chi connectivity index (χ1v) is 11.8. The van der Waals surface area contributed by atoms with Crippen LogP contribution in [-0.2, 0) is 9.53 Å². The highest BCUT2D eigenvalue weighted by atomic mass is 32.2. The molecule has 3 aromatic rings. The van der Waals surface area contributed by atoms with Gasteiger partial charge in [-0.15, -0.1) is 11.3 Å². The highest BCUT2D eigenvalue weighted by Gasteiger charge is 2.20. The Kier molecular flexibility index (Phi) is 6.26. The Balaban J connectivity index is 1.45. The third kappa shape index (κ3) is 4.45. The van der Waals surface area contributed by atoms with Crippen LogP contribution < -0.4 is 10.2 Å². The maximum atomic E-state index is 12.8. The minimum Gasteiger partial charge on any atom is -0.378 e. The number of benzene rings is 1. The van der Waals surface area contributed by atoms with E-state index in [0.717, 1.165) is 58.7 Å². The predicted molar refractivity (Wildman–Crippen MR) is 125 cm³/mol. The summed E-state index contributed by atoms with van der Waals surface area (Å²) in [5.41, 5.74) is 3.15. The molecule has 0 radical (unpaired) electrons. The van der Waals surface area contributed by atoms with E-state index in [1.165, 1.54) is 22.2 Å². The average molecular weight is 443 g/mol. The Morgan fingerprint density at radius 2 is 1.87 bits per heavy atom. The molecule has 30 heavy (non-hydrogen) atoms. The van der Waals surface area contributed by atoms with Gasteiger partial charge in [0.05, 0.1) is 18.5 Å². The molecule has 0 saturated carbocycles. The first kappa shape index (κ1) is 21.1. The molecule has 1 amide bonds. The van der Waals surface area contributed by atoms with Crippen LogP contribution in [0, 0.1) is 20.8 Å². The largest absolute Gasteiger partial charge is 0.378 e. The molecule has 8 heteroatoms. The average Bonchev–Trinajstić information content (AvgIpc) is 3.02. The van der Waals surface area contributed by atoms with Crippen molar-refractivity contribution < 1.29 is 9.53 Å². The zero-order valence-electron chi connectivity index (χ0n) is 17.7. The molecule has 1 unspecified atom stereocenters. The first-order chi connectivity index (χ1) is 14.4. The van der Waals surface area contributed by atoms with Gasteiger partial charge >= 0.3 is 0 Å². The van der Waals surface area contributed by atoms with Crippen molar-refractivity contribution in [2.75, 3.05) is 36.5 Å². The van der Waals surface area contributed by atoms with E-state index in [0.29, 0.717) is 0 Å². The number of morpholine rings is 1. The summed E-state index contributed by atoms with van der Waals surface area (Å²) in [6.07, 6.45) is 0. The molecule has 2 aromatic heterocycles. The number of amides is 1. The number of hydrogen-bond donors (Lipinski definition) is 1. The minimum atomic E-state index is -0.277. The van der Waals surface area contributed by atoms with E-state index in [4.69, 9.17) is 4.74 Å². The highest BCUT2D eigenvalue weighted by molar-refractivity contribution is 8.00. The van der Waals surface area contributed by atoms with Gasteiger partial charge < -0.3 is 15.0 Å². The number of nitrogens with zero attached hydrogens (tertiary/aromatic N) is 3. The molecule has 0 bridgehead atoms. The molecule has 1 aliphatic rings. The molecule has 1 aliphatic heterocycles. The third-order valence-electron chi connectivity index (χ3n) is 5.28. The second kappa shape index (κ2) is 8.91. The number of anilines is 2. The lowest BCUT2D eigenvalue weighted by Crippen LogP contribution is -2.36. The molecule has 1 atom stereocenters. The van der Waals surface area contributed by atoms with E-state index in [1.54, 1.807) is 11.3 Å². The van der Waals surface area contributed by atoms with Gasteiger partial charge in [0, 0.05) is 34.7 Å². The van der Waals surface area contributed by atoms with Gasteiger partial charge in [-0.25, -0.2) is 9.97 Å². The zero-order valence-corrected chi connectivity index (χ0v) is 19.3. The number of carbonyl (C=O) groups excluding carboxylic acids is 1. The standard InChI is InChI=1S/C22H26N4O2S2/c1-13-14(2)29-21-19(13)22(24-16(4)23-21)30-15(3)20(27)25-17-5-7-18(8-6-17)26-9-11-28-12-10-26/h5-8,15H,9-12H2,1-4H3,(H,25,27). The summed E-state index contributed by atoms with van der Waals surface area (Å²) in [5.74, 6) is 0.700. The van der Waals surface area contributed by atoms with Gasteiger partial charge in [-0.3, -0.25) is 4.79 Å². The first-order valence-electron chi connectivity index (χ1n) is 10.1. The Bertz CT molecular complexity index is 1060. The normalized spacial score (nSPS) is 15.4. The van der Waals surface area contributed by atoms with Crippen LogP contribution in [0.4, 0.5) is 11.4 Å². The van der Waals surface area contributed by atoms with Gasteiger partial charge in [0.25, 0.3) is 0 Å². The van der Waals surface area contributed by atoms with Crippen molar-refractivity contribution in [1.29, 1.82) is 0 Å². The number of aryl methyl sites for hydroxylation is 3. The number of fused-ring (bicyclic) bond motifs is 1. The Labute approximate surface area is 185 Å². The Morgan fingerprint density at radius 3 is 2.57 bits per heavy atom. The number of carbonyl (C=O) groups is 1. The SMILES string of the molecule is Cc1nc(SC(C)C(=O)Nc2ccc(N3CCOCC3)cc2)c2c(C)c(C)sc2n1. The van der Waals surface area contributed by atoms with Crippen LogP contribution in [0.5, 0.6) is 0 Å². The summed E-state index contributed by atoms with van der Waals surface area (Å²) < 4.78 is 5.41. The molecule has 1 saturated heterocycles. The number of thiophene rings is 1. The Morgan fingerprint density at radius 1 is 1.17 bits per heavy atom. The lowest BCUT2D eigenvalue weighted by molar-refractivity contribution is -0.115. The molecule has 0 aliphatic carbocycles.